The van der Waals surface area contributed by atoms with Gasteiger partial charge in [-0.05, 0) is 16.9 Å². The molecule has 0 aromatic heterocycles. The summed E-state index contributed by atoms with van der Waals surface area (Å²) in [6, 6.07) is 8.05. The number of aliphatic hydroxyl groups is 1. The summed E-state index contributed by atoms with van der Waals surface area (Å²) in [7, 11) is 0. The van der Waals surface area contributed by atoms with Crippen LogP contribution in [-0.4, -0.2) is 23.2 Å². The summed E-state index contributed by atoms with van der Waals surface area (Å²) in [4.78, 5) is 0. The molecule has 1 rings (SSSR count). The van der Waals surface area contributed by atoms with E-state index in [1.165, 1.54) is 11.3 Å². The van der Waals surface area contributed by atoms with Gasteiger partial charge in [0.25, 0.3) is 0 Å². The van der Waals surface area contributed by atoms with E-state index < -0.39 is 0 Å². The van der Waals surface area contributed by atoms with Crippen molar-refractivity contribution in [3.8, 4) is 0 Å². The number of rotatable bonds is 7. The van der Waals surface area contributed by atoms with Gasteiger partial charge in [-0.3, -0.25) is 0 Å². The summed E-state index contributed by atoms with van der Waals surface area (Å²) in [5, 5.41) is 12.4. The van der Waals surface area contributed by atoms with E-state index in [4.69, 9.17) is 5.11 Å². The second-order valence-electron chi connectivity index (χ2n) is 3.35. The van der Waals surface area contributed by atoms with Crippen LogP contribution in [0, 0.1) is 0 Å². The number of benzene rings is 1. The molecule has 0 aliphatic carbocycles. The van der Waals surface area contributed by atoms with Gasteiger partial charge in [0.15, 0.2) is 0 Å². The molecular formula is C12H19NOS. The Balaban J connectivity index is 2.24. The van der Waals surface area contributed by atoms with Crippen molar-refractivity contribution < 1.29 is 5.11 Å². The van der Waals surface area contributed by atoms with Crippen LogP contribution in [0.25, 0.3) is 0 Å². The van der Waals surface area contributed by atoms with Gasteiger partial charge in [-0.2, -0.15) is 11.8 Å². The predicted octanol–water partition coefficient (Wildman–Crippen LogP) is 2.02. The van der Waals surface area contributed by atoms with Gasteiger partial charge < -0.3 is 10.4 Å². The zero-order valence-corrected chi connectivity index (χ0v) is 10.0. The summed E-state index contributed by atoms with van der Waals surface area (Å²) in [6.45, 7) is 4.23. The topological polar surface area (TPSA) is 32.3 Å². The molecular weight excluding hydrogens is 206 g/mol. The van der Waals surface area contributed by atoms with Crippen LogP contribution in [0.3, 0.4) is 0 Å². The van der Waals surface area contributed by atoms with Crippen LogP contribution in [0.2, 0.25) is 0 Å². The smallest absolute Gasteiger partial charge is 0.0681 e. The van der Waals surface area contributed by atoms with E-state index in [1.54, 1.807) is 0 Å². The van der Waals surface area contributed by atoms with E-state index in [-0.39, 0.29) is 6.61 Å². The first kappa shape index (κ1) is 12.6. The molecule has 0 saturated carbocycles. The normalized spacial score (nSPS) is 10.5. The Morgan fingerprint density at radius 2 is 2.13 bits per heavy atom. The molecule has 2 nitrogen and oxygen atoms in total. The average Bonchev–Trinajstić information content (AvgIpc) is 2.29. The summed E-state index contributed by atoms with van der Waals surface area (Å²) in [5.74, 6) is 2.35. The van der Waals surface area contributed by atoms with Crippen molar-refractivity contribution in [3.05, 3.63) is 35.4 Å². The lowest BCUT2D eigenvalue weighted by Gasteiger charge is -2.05. The number of aliphatic hydroxyl groups excluding tert-OH is 1. The lowest BCUT2D eigenvalue weighted by atomic mass is 10.1. The fourth-order valence-electron chi connectivity index (χ4n) is 1.36. The average molecular weight is 225 g/mol. The van der Waals surface area contributed by atoms with E-state index in [2.05, 4.69) is 18.3 Å². The van der Waals surface area contributed by atoms with E-state index >= 15 is 0 Å². The standard InChI is InChI=1S/C12H19NOS/c1-2-15-7-6-13-9-11-4-3-5-12(8-11)10-14/h3-5,8,13-14H,2,6-7,9-10H2,1H3. The molecule has 3 heteroatoms. The van der Waals surface area contributed by atoms with Crippen LogP contribution in [0.4, 0.5) is 0 Å². The van der Waals surface area contributed by atoms with E-state index in [1.807, 2.05) is 30.0 Å². The minimum absolute atomic E-state index is 0.125. The highest BCUT2D eigenvalue weighted by atomic mass is 32.2. The van der Waals surface area contributed by atoms with Crippen LogP contribution in [-0.2, 0) is 13.2 Å². The van der Waals surface area contributed by atoms with Crippen LogP contribution < -0.4 is 5.32 Å². The quantitative estimate of drug-likeness (QED) is 0.696. The Morgan fingerprint density at radius 1 is 1.33 bits per heavy atom. The molecule has 0 heterocycles. The third-order valence-corrected chi connectivity index (χ3v) is 3.03. The first-order valence-corrected chi connectivity index (χ1v) is 6.49. The molecule has 0 saturated heterocycles. The van der Waals surface area contributed by atoms with Crippen LogP contribution >= 0.6 is 11.8 Å². The SMILES string of the molecule is CCSCCNCc1cccc(CO)c1. The number of hydrogen-bond acceptors (Lipinski definition) is 3. The fourth-order valence-corrected chi connectivity index (χ4v) is 1.94. The van der Waals surface area contributed by atoms with Crippen molar-refractivity contribution in [1.82, 2.24) is 5.32 Å². The van der Waals surface area contributed by atoms with Gasteiger partial charge in [0.2, 0.25) is 0 Å². The van der Waals surface area contributed by atoms with Gasteiger partial charge in [-0.1, -0.05) is 31.2 Å². The highest BCUT2D eigenvalue weighted by molar-refractivity contribution is 7.99. The highest BCUT2D eigenvalue weighted by Crippen LogP contribution is 2.04. The molecule has 0 spiro atoms. The lowest BCUT2D eigenvalue weighted by molar-refractivity contribution is 0.281. The molecule has 15 heavy (non-hydrogen) atoms. The molecule has 0 unspecified atom stereocenters. The molecule has 0 aliphatic heterocycles. The third-order valence-electron chi connectivity index (χ3n) is 2.13. The second kappa shape index (κ2) is 7.74. The number of thioether (sulfide) groups is 1. The Bertz CT molecular complexity index is 278. The highest BCUT2D eigenvalue weighted by Gasteiger charge is 1.94. The van der Waals surface area contributed by atoms with Gasteiger partial charge in [-0.25, -0.2) is 0 Å². The van der Waals surface area contributed by atoms with Crippen molar-refractivity contribution in [1.29, 1.82) is 0 Å². The number of hydrogen-bond donors (Lipinski definition) is 2. The van der Waals surface area contributed by atoms with Gasteiger partial charge >= 0.3 is 0 Å². The van der Waals surface area contributed by atoms with Gasteiger partial charge in [0.1, 0.15) is 0 Å². The van der Waals surface area contributed by atoms with Crippen molar-refractivity contribution in [3.63, 3.8) is 0 Å². The Labute approximate surface area is 96.1 Å². The molecule has 0 bridgehead atoms. The second-order valence-corrected chi connectivity index (χ2v) is 4.75. The first-order chi connectivity index (χ1) is 7.36. The Kier molecular flexibility index (Phi) is 6.48. The summed E-state index contributed by atoms with van der Waals surface area (Å²) >= 11 is 1.95. The van der Waals surface area contributed by atoms with Gasteiger partial charge in [-0.15, -0.1) is 0 Å². The molecule has 0 fully saturated rings. The summed E-state index contributed by atoms with van der Waals surface area (Å²) in [6.07, 6.45) is 0. The Morgan fingerprint density at radius 3 is 2.87 bits per heavy atom. The largest absolute Gasteiger partial charge is 0.392 e. The molecule has 1 aromatic carbocycles. The first-order valence-electron chi connectivity index (χ1n) is 5.34. The summed E-state index contributed by atoms with van der Waals surface area (Å²) < 4.78 is 0. The lowest BCUT2D eigenvalue weighted by Crippen LogP contribution is -2.16. The molecule has 0 amide bonds. The van der Waals surface area contributed by atoms with E-state index in [0.29, 0.717) is 0 Å². The van der Waals surface area contributed by atoms with Crippen molar-refractivity contribution in [2.24, 2.45) is 0 Å². The minimum atomic E-state index is 0.125. The molecule has 0 aliphatic rings. The van der Waals surface area contributed by atoms with E-state index in [0.717, 1.165) is 24.4 Å². The monoisotopic (exact) mass is 225 g/mol. The fraction of sp³-hybridized carbons (Fsp3) is 0.500. The molecule has 84 valence electrons. The van der Waals surface area contributed by atoms with Crippen LogP contribution in [0.15, 0.2) is 24.3 Å². The predicted molar refractivity (Wildman–Crippen MR) is 67.1 cm³/mol. The van der Waals surface area contributed by atoms with Gasteiger partial charge in [0.05, 0.1) is 6.61 Å². The van der Waals surface area contributed by atoms with Crippen LogP contribution in [0.1, 0.15) is 18.1 Å². The maximum Gasteiger partial charge on any atom is 0.0681 e. The molecule has 0 radical (unpaired) electrons. The van der Waals surface area contributed by atoms with Gasteiger partial charge in [0, 0.05) is 18.8 Å². The molecule has 2 N–H and O–H groups in total. The summed E-state index contributed by atoms with van der Waals surface area (Å²) in [5.41, 5.74) is 2.22. The maximum atomic E-state index is 8.98. The van der Waals surface area contributed by atoms with Crippen LogP contribution in [0.5, 0.6) is 0 Å². The Hall–Kier alpha value is -0.510. The third kappa shape index (κ3) is 5.21. The maximum absolute atomic E-state index is 8.98. The number of nitrogens with one attached hydrogen (secondary N) is 1. The zero-order valence-electron chi connectivity index (χ0n) is 9.20. The molecule has 0 atom stereocenters. The van der Waals surface area contributed by atoms with E-state index in [9.17, 15) is 0 Å². The van der Waals surface area contributed by atoms with Crippen molar-refractivity contribution in [2.45, 2.75) is 20.1 Å². The minimum Gasteiger partial charge on any atom is -0.392 e. The zero-order chi connectivity index (χ0) is 10.9. The van der Waals surface area contributed by atoms with Crippen molar-refractivity contribution in [2.75, 3.05) is 18.1 Å². The van der Waals surface area contributed by atoms with Crippen molar-refractivity contribution >= 4 is 11.8 Å². The molecule has 1 aromatic rings.